The third-order valence-electron chi connectivity index (χ3n) is 0.991. The van der Waals surface area contributed by atoms with Crippen LogP contribution in [0.4, 0.5) is 16.9 Å². The van der Waals surface area contributed by atoms with E-state index in [2.05, 4.69) is 4.79 Å². The maximum Gasteiger partial charge on any atom is 0.295 e. The Kier molecular flexibility index (Phi) is 3.50. The Morgan fingerprint density at radius 2 is 1.53 bits per heavy atom. The van der Waals surface area contributed by atoms with Gasteiger partial charge in [-0.05, 0) is 0 Å². The second kappa shape index (κ2) is 3.68. The van der Waals surface area contributed by atoms with Crippen molar-refractivity contribution in [1.82, 2.24) is 0 Å². The second-order valence-electron chi connectivity index (χ2n) is 2.54. The summed E-state index contributed by atoms with van der Waals surface area (Å²) in [5.74, 6) is 0. The third kappa shape index (κ3) is 19.6. The summed E-state index contributed by atoms with van der Waals surface area (Å²) in [5.41, 5.74) is 8.91. The predicted octanol–water partition coefficient (Wildman–Crippen LogP) is 3.31. The Bertz CT molecular complexity index is 332. The van der Waals surface area contributed by atoms with E-state index in [1.807, 2.05) is 18.2 Å². The van der Waals surface area contributed by atoms with Gasteiger partial charge in [0.15, 0.2) is 0 Å². The second-order valence-corrected chi connectivity index (χ2v) is 8.01. The molecule has 1 aliphatic carbocycles. The Balaban J connectivity index is 0.000000265. The van der Waals surface area contributed by atoms with Crippen molar-refractivity contribution < 1.29 is 21.7 Å². The van der Waals surface area contributed by atoms with Gasteiger partial charge in [0.1, 0.15) is 0 Å². The molecule has 0 saturated carbocycles. The summed E-state index contributed by atoms with van der Waals surface area (Å²) >= 11 is -11.2. The molecule has 0 aromatic rings. The maximum absolute atomic E-state index is 11.2. The number of halogens is 6. The van der Waals surface area contributed by atoms with Gasteiger partial charge in [0.05, 0.1) is 6.42 Å². The molecule has 0 atom stereocenters. The van der Waals surface area contributed by atoms with E-state index < -0.39 is 19.5 Å². The Morgan fingerprint density at radius 3 is 1.73 bits per heavy atom. The van der Waals surface area contributed by atoms with Gasteiger partial charge < -0.3 is 5.53 Å². The summed E-state index contributed by atoms with van der Waals surface area (Å²) in [6, 6.07) is 0. The van der Waals surface area contributed by atoms with Crippen molar-refractivity contribution in [1.29, 1.82) is 0 Å². The third-order valence-corrected chi connectivity index (χ3v) is 0.991. The minimum Gasteiger partial charge on any atom is -0.361 e. The first-order valence-corrected chi connectivity index (χ1v) is 9.28. The van der Waals surface area contributed by atoms with Crippen LogP contribution < -0.4 is 0 Å². The van der Waals surface area contributed by atoms with Crippen molar-refractivity contribution >= 4 is 25.2 Å². The zero-order valence-corrected chi connectivity index (χ0v) is 9.68. The molecule has 0 radical (unpaired) electrons. The molecule has 0 N–H and O–H groups in total. The monoisotopic (exact) mass is 341 g/mol. The fraction of sp³-hybridized carbons (Fsp3) is 0.167. The summed E-state index contributed by atoms with van der Waals surface area (Å²) in [4.78, 5) is 3.03. The Morgan fingerprint density at radius 1 is 1.07 bits per heavy atom. The number of allylic oxidation sites excluding steroid dienone is 4. The van der Waals surface area contributed by atoms with Crippen LogP contribution in [-0.4, -0.2) is 30.0 Å². The zero-order valence-electron chi connectivity index (χ0n) is 7.13. The fourth-order valence-corrected chi connectivity index (χ4v) is 0.576. The van der Waals surface area contributed by atoms with Crippen LogP contribution in [0.25, 0.3) is 5.53 Å². The van der Waals surface area contributed by atoms with Gasteiger partial charge in [0.2, 0.25) is 0 Å². The molecule has 0 amide bonds. The molecule has 0 aromatic heterocycles. The van der Waals surface area contributed by atoms with Gasteiger partial charge in [0.25, 0.3) is 5.71 Å². The first-order valence-electron chi connectivity index (χ1n) is 3.49. The molecule has 0 fully saturated rings. The van der Waals surface area contributed by atoms with Crippen molar-refractivity contribution in [3.8, 4) is 0 Å². The van der Waals surface area contributed by atoms with E-state index in [-0.39, 0.29) is 0 Å². The molecule has 0 aliphatic heterocycles. The standard InChI is InChI=1S/C6H6N2.6FH.Sb/c7-8-6-4-2-1-3-5-6;;;;;;;/h1-4H,5H2;6*1H;/q;;;;;;;+5/p-6. The molecule has 2 nitrogen and oxygen atoms in total. The minimum atomic E-state index is -11.2. The SMILES string of the molecule is [F][Sb-]([F])([F])([F])([F])[F].[N-]=[N+]=C1C=CC=CC1. The molecule has 15 heavy (non-hydrogen) atoms. The van der Waals surface area contributed by atoms with Crippen molar-refractivity contribution in [2.75, 3.05) is 0 Å². The normalized spacial score (nSPS) is 19.5. The van der Waals surface area contributed by atoms with Crippen LogP contribution in [0.1, 0.15) is 6.42 Å². The zero-order chi connectivity index (χ0) is 12.2. The van der Waals surface area contributed by atoms with Crippen LogP contribution in [0.3, 0.4) is 0 Å². The molecule has 1 rings (SSSR count). The summed E-state index contributed by atoms with van der Waals surface area (Å²) in [5, 5.41) is 0. The van der Waals surface area contributed by atoms with E-state index in [0.29, 0.717) is 5.71 Å². The molecule has 88 valence electrons. The van der Waals surface area contributed by atoms with Crippen molar-refractivity contribution in [3.63, 3.8) is 0 Å². The molecule has 0 spiro atoms. The van der Waals surface area contributed by atoms with E-state index in [0.717, 1.165) is 6.42 Å². The Labute approximate surface area is 83.4 Å². The van der Waals surface area contributed by atoms with E-state index in [1.165, 1.54) is 0 Å². The van der Waals surface area contributed by atoms with Crippen LogP contribution in [0, 0.1) is 0 Å². The fourth-order valence-electron chi connectivity index (χ4n) is 0.576. The van der Waals surface area contributed by atoms with Gasteiger partial charge in [-0.2, -0.15) is 4.79 Å². The predicted molar refractivity (Wildman–Crippen MR) is 43.9 cm³/mol. The van der Waals surface area contributed by atoms with Crippen molar-refractivity contribution in [2.45, 2.75) is 6.42 Å². The van der Waals surface area contributed by atoms with Gasteiger partial charge >= 0.3 is 36.4 Å². The number of hydrogen-bond acceptors (Lipinski definition) is 0. The molecular formula is C6H6F6N2Sb-. The number of nitrogens with zero attached hydrogens (tertiary/aromatic N) is 2. The van der Waals surface area contributed by atoms with Gasteiger partial charge in [-0.1, -0.05) is 18.2 Å². The largest absolute Gasteiger partial charge is 0.361 e. The van der Waals surface area contributed by atoms with Gasteiger partial charge in [-0.3, -0.25) is 0 Å². The first-order chi connectivity index (χ1) is 6.38. The van der Waals surface area contributed by atoms with E-state index in [4.69, 9.17) is 5.53 Å². The van der Waals surface area contributed by atoms with E-state index in [9.17, 15) is 16.9 Å². The van der Waals surface area contributed by atoms with Gasteiger partial charge in [-0.15, -0.1) is 0 Å². The average molecular weight is 342 g/mol. The quantitative estimate of drug-likeness (QED) is 0.280. The average Bonchev–Trinajstić information content (AvgIpc) is 2.00. The molecular weight excluding hydrogens is 336 g/mol. The van der Waals surface area contributed by atoms with Crippen LogP contribution >= 0.6 is 0 Å². The van der Waals surface area contributed by atoms with Crippen molar-refractivity contribution in [3.05, 3.63) is 29.8 Å². The van der Waals surface area contributed by atoms with E-state index in [1.54, 1.807) is 6.08 Å². The molecule has 0 aromatic carbocycles. The number of hydrogen-bond donors (Lipinski definition) is 0. The molecule has 0 bridgehead atoms. The summed E-state index contributed by atoms with van der Waals surface area (Å²) < 4.78 is 59.6. The molecule has 9 heteroatoms. The van der Waals surface area contributed by atoms with Crippen molar-refractivity contribution in [2.24, 2.45) is 0 Å². The maximum atomic E-state index is 9.93. The summed E-state index contributed by atoms with van der Waals surface area (Å²) in [7, 11) is 0. The summed E-state index contributed by atoms with van der Waals surface area (Å²) in [6.45, 7) is 0. The van der Waals surface area contributed by atoms with Crippen LogP contribution in [0.15, 0.2) is 24.3 Å². The van der Waals surface area contributed by atoms with Crippen LogP contribution in [0.5, 0.6) is 0 Å². The van der Waals surface area contributed by atoms with Crippen LogP contribution in [-0.2, 0) is 0 Å². The smallest absolute Gasteiger partial charge is 0.295 e. The molecule has 1 aliphatic rings. The Hall–Kier alpha value is -0.742. The molecule has 0 unspecified atom stereocenters. The topological polar surface area (TPSA) is 36.4 Å². The van der Waals surface area contributed by atoms with Gasteiger partial charge in [0, 0.05) is 6.08 Å². The van der Waals surface area contributed by atoms with Crippen LogP contribution in [0.2, 0.25) is 0 Å². The first kappa shape index (κ1) is 14.3. The number of rotatable bonds is 0. The molecule has 0 saturated heterocycles. The molecule has 0 heterocycles. The minimum absolute atomic E-state index is 0.715. The van der Waals surface area contributed by atoms with Gasteiger partial charge in [-0.25, -0.2) is 0 Å². The summed E-state index contributed by atoms with van der Waals surface area (Å²) in [6.07, 6.45) is 8.23. The van der Waals surface area contributed by atoms with E-state index >= 15 is 0 Å².